The van der Waals surface area contributed by atoms with Crippen LogP contribution in [0.2, 0.25) is 10.0 Å². The molecule has 0 unspecified atom stereocenters. The van der Waals surface area contributed by atoms with Gasteiger partial charge < -0.3 is 10.6 Å². The van der Waals surface area contributed by atoms with Crippen molar-refractivity contribution in [3.05, 3.63) is 51.8 Å². The lowest BCUT2D eigenvalue weighted by Crippen LogP contribution is -2.41. The van der Waals surface area contributed by atoms with Gasteiger partial charge in [0.15, 0.2) is 0 Å². The maximum atomic E-state index is 12.8. The Morgan fingerprint density at radius 3 is 2.70 bits per heavy atom. The molecule has 2 aromatic rings. The predicted molar refractivity (Wildman–Crippen MR) is 112 cm³/mol. The zero-order valence-electron chi connectivity index (χ0n) is 15.6. The molecule has 8 heteroatoms. The molecule has 2 N–H and O–H groups in total. The van der Waals surface area contributed by atoms with Crippen molar-refractivity contribution >= 4 is 41.5 Å². The first-order chi connectivity index (χ1) is 12.3. The lowest BCUT2D eigenvalue weighted by Gasteiger charge is -2.27. The number of aromatic nitrogens is 2. The summed E-state index contributed by atoms with van der Waals surface area (Å²) in [6.07, 6.45) is 3.83. The quantitative estimate of drug-likeness (QED) is 0.761. The van der Waals surface area contributed by atoms with Gasteiger partial charge in [0.1, 0.15) is 0 Å². The summed E-state index contributed by atoms with van der Waals surface area (Å²) in [7, 11) is 1.89. The highest BCUT2D eigenvalue weighted by Crippen LogP contribution is 2.31. The Labute approximate surface area is 176 Å². The number of hydrogen-bond acceptors (Lipinski definition) is 3. The van der Waals surface area contributed by atoms with Crippen molar-refractivity contribution in [3.63, 3.8) is 0 Å². The number of benzene rings is 1. The second-order valence-electron chi connectivity index (χ2n) is 7.55. The normalized spacial score (nSPS) is 19.6. The Morgan fingerprint density at radius 2 is 2.07 bits per heavy atom. The number of amides is 1. The Kier molecular flexibility index (Phi) is 7.20. The van der Waals surface area contributed by atoms with E-state index < -0.39 is 0 Å². The van der Waals surface area contributed by atoms with E-state index in [0.717, 1.165) is 17.7 Å². The highest BCUT2D eigenvalue weighted by Gasteiger charge is 2.35. The van der Waals surface area contributed by atoms with E-state index >= 15 is 0 Å². The number of halogens is 3. The minimum Gasteiger partial charge on any atom is -0.355 e. The van der Waals surface area contributed by atoms with Gasteiger partial charge in [-0.05, 0) is 23.3 Å². The molecule has 1 amide bonds. The van der Waals surface area contributed by atoms with E-state index in [1.54, 1.807) is 10.7 Å². The molecule has 0 bridgehead atoms. The molecular weight excluding hydrogens is 407 g/mol. The highest BCUT2D eigenvalue weighted by molar-refractivity contribution is 6.42. The van der Waals surface area contributed by atoms with E-state index in [2.05, 4.69) is 29.6 Å². The van der Waals surface area contributed by atoms with Gasteiger partial charge in [0.25, 0.3) is 0 Å². The molecule has 1 aromatic carbocycles. The van der Waals surface area contributed by atoms with Crippen LogP contribution in [0.5, 0.6) is 0 Å². The first-order valence-corrected chi connectivity index (χ1v) is 9.46. The van der Waals surface area contributed by atoms with Crippen molar-refractivity contribution in [3.8, 4) is 0 Å². The Balaban J connectivity index is 0.00000261. The molecule has 1 aromatic heterocycles. The predicted octanol–water partition coefficient (Wildman–Crippen LogP) is 3.55. The fourth-order valence-electron chi connectivity index (χ4n) is 3.39. The van der Waals surface area contributed by atoms with Gasteiger partial charge in [-0.1, -0.05) is 43.1 Å². The molecule has 3 rings (SSSR count). The van der Waals surface area contributed by atoms with Crippen molar-refractivity contribution in [2.45, 2.75) is 25.2 Å². The van der Waals surface area contributed by atoms with Crippen LogP contribution >= 0.6 is 35.6 Å². The van der Waals surface area contributed by atoms with Crippen LogP contribution < -0.4 is 10.6 Å². The molecule has 2 heterocycles. The van der Waals surface area contributed by atoms with Crippen LogP contribution in [0.4, 0.5) is 0 Å². The first kappa shape index (κ1) is 22.0. The number of hydrogen-bond donors (Lipinski definition) is 2. The molecule has 0 saturated carbocycles. The molecular formula is C19H25Cl3N4O. The van der Waals surface area contributed by atoms with Gasteiger partial charge in [-0.3, -0.25) is 9.48 Å². The van der Waals surface area contributed by atoms with Gasteiger partial charge in [0.2, 0.25) is 5.91 Å². The van der Waals surface area contributed by atoms with Crippen LogP contribution in [0, 0.1) is 5.92 Å². The molecule has 0 spiro atoms. The van der Waals surface area contributed by atoms with Crippen LogP contribution in [-0.2, 0) is 17.3 Å². The summed E-state index contributed by atoms with van der Waals surface area (Å²) in [6, 6.07) is 5.61. The number of carbonyl (C=O) groups is 1. The lowest BCUT2D eigenvalue weighted by atomic mass is 9.84. The second-order valence-corrected chi connectivity index (χ2v) is 8.36. The fourth-order valence-corrected chi connectivity index (χ4v) is 3.69. The third-order valence-corrected chi connectivity index (χ3v) is 5.85. The van der Waals surface area contributed by atoms with Crippen LogP contribution in [0.3, 0.4) is 0 Å². The van der Waals surface area contributed by atoms with Gasteiger partial charge >= 0.3 is 0 Å². The van der Waals surface area contributed by atoms with E-state index in [1.807, 2.05) is 31.6 Å². The van der Waals surface area contributed by atoms with Gasteiger partial charge in [-0.15, -0.1) is 12.4 Å². The summed E-state index contributed by atoms with van der Waals surface area (Å²) < 4.78 is 1.77. The highest BCUT2D eigenvalue weighted by atomic mass is 35.5. The zero-order valence-corrected chi connectivity index (χ0v) is 18.0. The van der Waals surface area contributed by atoms with Crippen molar-refractivity contribution in [2.75, 3.05) is 19.6 Å². The Morgan fingerprint density at radius 1 is 1.33 bits per heavy atom. The molecule has 27 heavy (non-hydrogen) atoms. The van der Waals surface area contributed by atoms with Crippen molar-refractivity contribution in [1.82, 2.24) is 20.4 Å². The molecule has 1 aliphatic rings. The summed E-state index contributed by atoms with van der Waals surface area (Å²) >= 11 is 12.1. The van der Waals surface area contributed by atoms with E-state index in [4.69, 9.17) is 23.2 Å². The summed E-state index contributed by atoms with van der Waals surface area (Å²) in [5.74, 6) is 0.123. The summed E-state index contributed by atoms with van der Waals surface area (Å²) in [5, 5.41) is 11.7. The average Bonchev–Trinajstić information content (AvgIpc) is 3.23. The first-order valence-electron chi connectivity index (χ1n) is 8.70. The zero-order chi connectivity index (χ0) is 18.9. The molecule has 1 aliphatic heterocycles. The largest absolute Gasteiger partial charge is 0.355 e. The van der Waals surface area contributed by atoms with Crippen LogP contribution in [0.25, 0.3) is 0 Å². The maximum absolute atomic E-state index is 12.8. The van der Waals surface area contributed by atoms with Gasteiger partial charge in [-0.2, -0.15) is 5.10 Å². The number of nitrogens with one attached hydrogen (secondary N) is 2. The Bertz CT molecular complexity index is 806. The minimum atomic E-state index is -0.250. The SMILES string of the molecule is Cl.Cn1cc([C@H]2CNC[C@@H]2C(=O)NCC(C)(C)c2ccc(Cl)c(Cl)c2)cn1. The summed E-state index contributed by atoms with van der Waals surface area (Å²) in [6.45, 7) is 6.16. The van der Waals surface area contributed by atoms with Crippen molar-refractivity contribution in [2.24, 2.45) is 13.0 Å². The third-order valence-electron chi connectivity index (χ3n) is 5.11. The molecule has 2 atom stereocenters. The number of nitrogens with zero attached hydrogens (tertiary/aromatic N) is 2. The van der Waals surface area contributed by atoms with Crippen LogP contribution in [-0.4, -0.2) is 35.3 Å². The van der Waals surface area contributed by atoms with Crippen molar-refractivity contribution < 1.29 is 4.79 Å². The molecule has 0 radical (unpaired) electrons. The lowest BCUT2D eigenvalue weighted by molar-refractivity contribution is -0.125. The van der Waals surface area contributed by atoms with Crippen LogP contribution in [0.1, 0.15) is 30.9 Å². The van der Waals surface area contributed by atoms with Gasteiger partial charge in [0, 0.05) is 44.2 Å². The third kappa shape index (κ3) is 4.96. The van der Waals surface area contributed by atoms with Gasteiger partial charge in [-0.25, -0.2) is 0 Å². The second kappa shape index (κ2) is 8.82. The van der Waals surface area contributed by atoms with E-state index in [1.165, 1.54) is 0 Å². The standard InChI is InChI=1S/C19H24Cl2N4O.ClH/c1-19(2,13-4-5-16(20)17(21)6-13)11-23-18(26)15-9-22-8-14(15)12-7-24-25(3)10-12;/h4-7,10,14-15,22H,8-9,11H2,1-3H3,(H,23,26);1H/t14-,15+;/m1./s1. The average molecular weight is 432 g/mol. The molecule has 5 nitrogen and oxygen atoms in total. The van der Waals surface area contributed by atoms with E-state index in [0.29, 0.717) is 23.1 Å². The molecule has 0 aliphatic carbocycles. The minimum absolute atomic E-state index is 0. The fraction of sp³-hybridized carbons (Fsp3) is 0.474. The summed E-state index contributed by atoms with van der Waals surface area (Å²) in [4.78, 5) is 12.8. The van der Waals surface area contributed by atoms with Gasteiger partial charge in [0.05, 0.1) is 22.2 Å². The smallest absolute Gasteiger partial charge is 0.225 e. The Hall–Kier alpha value is -1.27. The van der Waals surface area contributed by atoms with Crippen LogP contribution in [0.15, 0.2) is 30.6 Å². The number of aryl methyl sites for hydroxylation is 1. The monoisotopic (exact) mass is 430 g/mol. The maximum Gasteiger partial charge on any atom is 0.225 e. The molecule has 1 saturated heterocycles. The number of rotatable bonds is 5. The molecule has 1 fully saturated rings. The summed E-state index contributed by atoms with van der Waals surface area (Å²) in [5.41, 5.74) is 1.89. The topological polar surface area (TPSA) is 59.0 Å². The molecule has 148 valence electrons. The van der Waals surface area contributed by atoms with E-state index in [9.17, 15) is 4.79 Å². The van der Waals surface area contributed by atoms with Crippen molar-refractivity contribution in [1.29, 1.82) is 0 Å². The van der Waals surface area contributed by atoms with E-state index in [-0.39, 0.29) is 35.6 Å². The number of carbonyl (C=O) groups excluding carboxylic acids is 1.